The van der Waals surface area contributed by atoms with Crippen LogP contribution in [-0.2, 0) is 9.84 Å². The predicted molar refractivity (Wildman–Crippen MR) is 85.9 cm³/mol. The molecule has 1 aliphatic heterocycles. The molecule has 1 atom stereocenters. The molecule has 1 heterocycles. The Morgan fingerprint density at radius 2 is 2.18 bits per heavy atom. The van der Waals surface area contributed by atoms with Crippen molar-refractivity contribution >= 4 is 15.7 Å². The van der Waals surface area contributed by atoms with Gasteiger partial charge in [-0.25, -0.2) is 8.42 Å². The molecule has 1 aromatic rings. The number of likely N-dealkylation sites (tertiary alicyclic amines) is 1. The molecule has 0 bridgehead atoms. The zero-order chi connectivity index (χ0) is 16.2. The van der Waals surface area contributed by atoms with E-state index in [9.17, 15) is 13.2 Å². The van der Waals surface area contributed by atoms with E-state index in [1.54, 1.807) is 35.2 Å². The molecule has 0 unspecified atom stereocenters. The fraction of sp³-hybridized carbons (Fsp3) is 0.438. The van der Waals surface area contributed by atoms with Crippen LogP contribution in [-0.4, -0.2) is 50.4 Å². The fourth-order valence-electron chi connectivity index (χ4n) is 2.56. The van der Waals surface area contributed by atoms with E-state index in [4.69, 9.17) is 4.74 Å². The zero-order valence-electron chi connectivity index (χ0n) is 12.7. The number of amides is 1. The Kier molecular flexibility index (Phi) is 5.24. The minimum absolute atomic E-state index is 0.187. The SMILES string of the molecule is C=CCOc1ccccc1C(=O)N1CCC[C@H](S(C)(=O)=O)C1. The third-order valence-electron chi connectivity index (χ3n) is 3.75. The van der Waals surface area contributed by atoms with Crippen LogP contribution in [0.15, 0.2) is 36.9 Å². The number of ether oxygens (including phenoxy) is 1. The van der Waals surface area contributed by atoms with E-state index in [-0.39, 0.29) is 12.5 Å². The first-order chi connectivity index (χ1) is 10.4. The Balaban J connectivity index is 2.19. The molecule has 1 saturated heterocycles. The summed E-state index contributed by atoms with van der Waals surface area (Å²) in [4.78, 5) is 14.3. The number of sulfone groups is 1. The lowest BCUT2D eigenvalue weighted by atomic mass is 10.1. The van der Waals surface area contributed by atoms with Gasteiger partial charge in [-0.3, -0.25) is 4.79 Å². The van der Waals surface area contributed by atoms with Gasteiger partial charge in [-0.1, -0.05) is 24.8 Å². The highest BCUT2D eigenvalue weighted by molar-refractivity contribution is 7.91. The number of nitrogens with zero attached hydrogens (tertiary/aromatic N) is 1. The summed E-state index contributed by atoms with van der Waals surface area (Å²) in [5, 5.41) is -0.480. The van der Waals surface area contributed by atoms with Crippen molar-refractivity contribution in [3.8, 4) is 5.75 Å². The number of para-hydroxylation sites is 1. The predicted octanol–water partition coefficient (Wildman–Crippen LogP) is 1.90. The molecular formula is C16H21NO4S. The van der Waals surface area contributed by atoms with Crippen molar-refractivity contribution in [1.82, 2.24) is 4.90 Å². The number of hydrogen-bond donors (Lipinski definition) is 0. The van der Waals surface area contributed by atoms with Crippen LogP contribution in [0.3, 0.4) is 0 Å². The average Bonchev–Trinajstić information content (AvgIpc) is 2.52. The van der Waals surface area contributed by atoms with Crippen molar-refractivity contribution in [2.45, 2.75) is 18.1 Å². The van der Waals surface area contributed by atoms with E-state index in [1.165, 1.54) is 6.26 Å². The quantitative estimate of drug-likeness (QED) is 0.777. The number of piperidine rings is 1. The van der Waals surface area contributed by atoms with Crippen molar-refractivity contribution in [3.05, 3.63) is 42.5 Å². The molecule has 1 aromatic carbocycles. The number of carbonyl (C=O) groups is 1. The van der Waals surface area contributed by atoms with Crippen LogP contribution in [0.4, 0.5) is 0 Å². The minimum atomic E-state index is -3.14. The monoisotopic (exact) mass is 323 g/mol. The van der Waals surface area contributed by atoms with Crippen molar-refractivity contribution in [2.24, 2.45) is 0 Å². The van der Waals surface area contributed by atoms with Crippen LogP contribution >= 0.6 is 0 Å². The summed E-state index contributed by atoms with van der Waals surface area (Å²) in [5.74, 6) is 0.307. The maximum absolute atomic E-state index is 12.7. The summed E-state index contributed by atoms with van der Waals surface area (Å²) in [7, 11) is -3.14. The lowest BCUT2D eigenvalue weighted by Gasteiger charge is -2.32. The Morgan fingerprint density at radius 3 is 2.86 bits per heavy atom. The summed E-state index contributed by atoms with van der Waals surface area (Å²) < 4.78 is 29.0. The first kappa shape index (κ1) is 16.5. The lowest BCUT2D eigenvalue weighted by molar-refractivity contribution is 0.0723. The van der Waals surface area contributed by atoms with Gasteiger partial charge in [-0.15, -0.1) is 0 Å². The largest absolute Gasteiger partial charge is 0.489 e. The second-order valence-corrected chi connectivity index (χ2v) is 7.77. The molecule has 5 nitrogen and oxygen atoms in total. The molecule has 0 N–H and O–H groups in total. The molecule has 0 aliphatic carbocycles. The van der Waals surface area contributed by atoms with E-state index in [1.807, 2.05) is 0 Å². The van der Waals surface area contributed by atoms with Crippen LogP contribution in [0.2, 0.25) is 0 Å². The normalized spacial score (nSPS) is 18.8. The third-order valence-corrected chi connectivity index (χ3v) is 5.34. The van der Waals surface area contributed by atoms with E-state index in [2.05, 4.69) is 6.58 Å². The Labute approximate surface area is 131 Å². The molecule has 1 aliphatic rings. The van der Waals surface area contributed by atoms with Crippen LogP contribution in [0.1, 0.15) is 23.2 Å². The average molecular weight is 323 g/mol. The van der Waals surface area contributed by atoms with E-state index in [0.29, 0.717) is 37.3 Å². The van der Waals surface area contributed by atoms with E-state index >= 15 is 0 Å². The zero-order valence-corrected chi connectivity index (χ0v) is 13.5. The van der Waals surface area contributed by atoms with Gasteiger partial charge >= 0.3 is 0 Å². The molecule has 6 heteroatoms. The molecular weight excluding hydrogens is 302 g/mol. The molecule has 22 heavy (non-hydrogen) atoms. The Morgan fingerprint density at radius 1 is 1.45 bits per heavy atom. The van der Waals surface area contributed by atoms with Crippen LogP contribution in [0.5, 0.6) is 5.75 Å². The van der Waals surface area contributed by atoms with Crippen molar-refractivity contribution < 1.29 is 17.9 Å². The van der Waals surface area contributed by atoms with E-state index < -0.39 is 15.1 Å². The fourth-order valence-corrected chi connectivity index (χ4v) is 3.61. The van der Waals surface area contributed by atoms with Gasteiger partial charge in [0.1, 0.15) is 12.4 Å². The van der Waals surface area contributed by atoms with Gasteiger partial charge < -0.3 is 9.64 Å². The van der Waals surface area contributed by atoms with Crippen LogP contribution < -0.4 is 4.74 Å². The maximum Gasteiger partial charge on any atom is 0.257 e. The van der Waals surface area contributed by atoms with Crippen molar-refractivity contribution in [1.29, 1.82) is 0 Å². The van der Waals surface area contributed by atoms with Crippen LogP contribution in [0, 0.1) is 0 Å². The second-order valence-electron chi connectivity index (χ2n) is 5.44. The number of hydrogen-bond acceptors (Lipinski definition) is 4. The first-order valence-corrected chi connectivity index (χ1v) is 9.20. The Bertz CT molecular complexity index is 654. The van der Waals surface area contributed by atoms with Crippen LogP contribution in [0.25, 0.3) is 0 Å². The highest BCUT2D eigenvalue weighted by Gasteiger charge is 2.31. The second kappa shape index (κ2) is 6.96. The summed E-state index contributed by atoms with van der Waals surface area (Å²) >= 11 is 0. The smallest absolute Gasteiger partial charge is 0.257 e. The molecule has 0 radical (unpaired) electrons. The summed E-state index contributed by atoms with van der Waals surface area (Å²) in [6.07, 6.45) is 4.14. The molecule has 1 amide bonds. The molecule has 1 fully saturated rings. The van der Waals surface area contributed by atoms with Gasteiger partial charge in [0.05, 0.1) is 10.8 Å². The summed E-state index contributed by atoms with van der Waals surface area (Å²) in [5.41, 5.74) is 0.457. The maximum atomic E-state index is 12.7. The first-order valence-electron chi connectivity index (χ1n) is 7.24. The van der Waals surface area contributed by atoms with Crippen molar-refractivity contribution in [2.75, 3.05) is 26.0 Å². The van der Waals surface area contributed by atoms with Gasteiger partial charge in [0, 0.05) is 19.3 Å². The highest BCUT2D eigenvalue weighted by Crippen LogP contribution is 2.23. The molecule has 120 valence electrons. The van der Waals surface area contributed by atoms with Gasteiger partial charge in [0.15, 0.2) is 9.84 Å². The van der Waals surface area contributed by atoms with Gasteiger partial charge in [-0.05, 0) is 25.0 Å². The minimum Gasteiger partial charge on any atom is -0.489 e. The van der Waals surface area contributed by atoms with Gasteiger partial charge in [0.25, 0.3) is 5.91 Å². The number of carbonyl (C=O) groups excluding carboxylic acids is 1. The molecule has 2 rings (SSSR count). The highest BCUT2D eigenvalue weighted by atomic mass is 32.2. The number of rotatable bonds is 5. The van der Waals surface area contributed by atoms with E-state index in [0.717, 1.165) is 0 Å². The summed E-state index contributed by atoms with van der Waals surface area (Å²) in [6.45, 7) is 4.72. The number of benzene rings is 1. The lowest BCUT2D eigenvalue weighted by Crippen LogP contribution is -2.45. The van der Waals surface area contributed by atoms with Crippen molar-refractivity contribution in [3.63, 3.8) is 0 Å². The molecule has 0 spiro atoms. The molecule has 0 saturated carbocycles. The Hall–Kier alpha value is -1.82. The molecule has 0 aromatic heterocycles. The topological polar surface area (TPSA) is 63.7 Å². The van der Waals surface area contributed by atoms with Gasteiger partial charge in [-0.2, -0.15) is 0 Å². The third kappa shape index (κ3) is 3.88. The van der Waals surface area contributed by atoms with Gasteiger partial charge in [0.2, 0.25) is 0 Å². The standard InChI is InChI=1S/C16H21NO4S/c1-3-11-21-15-9-5-4-8-14(15)16(18)17-10-6-7-13(12-17)22(2,19)20/h3-5,8-9,13H,1,6-7,10-12H2,2H3/t13-/m0/s1. The summed E-state index contributed by atoms with van der Waals surface area (Å²) in [6, 6.07) is 7.00.